The molecular formula is C20H24FN5O2. The van der Waals surface area contributed by atoms with Gasteiger partial charge in [-0.2, -0.15) is 10.1 Å². The van der Waals surface area contributed by atoms with Crippen molar-refractivity contribution in [2.75, 3.05) is 13.7 Å². The smallest absolute Gasteiger partial charge is 0.252 e. The molecule has 0 unspecified atom stereocenters. The number of fused-ring (bicyclic) bond motifs is 1. The average molecular weight is 385 g/mol. The maximum Gasteiger partial charge on any atom is 0.252 e. The van der Waals surface area contributed by atoms with Crippen LogP contribution in [0.15, 0.2) is 24.5 Å². The number of carbonyl (C=O) groups is 1. The molecule has 2 aromatic heterocycles. The number of ether oxygens (including phenoxy) is 1. The zero-order valence-corrected chi connectivity index (χ0v) is 16.6. The Hall–Kier alpha value is -3.03. The van der Waals surface area contributed by atoms with Gasteiger partial charge in [-0.1, -0.05) is 6.07 Å². The predicted octanol–water partition coefficient (Wildman–Crippen LogP) is 2.87. The van der Waals surface area contributed by atoms with Crippen molar-refractivity contribution in [3.63, 3.8) is 0 Å². The van der Waals surface area contributed by atoms with E-state index >= 15 is 0 Å². The van der Waals surface area contributed by atoms with Crippen LogP contribution in [0.3, 0.4) is 0 Å². The molecule has 0 aliphatic heterocycles. The number of hydrogen-bond donors (Lipinski definition) is 0. The molecule has 2 heterocycles. The summed E-state index contributed by atoms with van der Waals surface area (Å²) in [5.74, 6) is 0.333. The molecule has 0 spiro atoms. The molecule has 0 N–H and O–H groups in total. The van der Waals surface area contributed by atoms with Crippen molar-refractivity contribution < 1.29 is 13.9 Å². The van der Waals surface area contributed by atoms with Crippen molar-refractivity contribution in [2.45, 2.75) is 40.2 Å². The molecule has 3 aromatic rings. The van der Waals surface area contributed by atoms with Gasteiger partial charge in [0.05, 0.1) is 7.11 Å². The highest BCUT2D eigenvalue weighted by atomic mass is 19.1. The van der Waals surface area contributed by atoms with E-state index in [0.29, 0.717) is 31.7 Å². The maximum atomic E-state index is 13.9. The number of aromatic nitrogens is 4. The number of methoxy groups -OCH3 is 1. The van der Waals surface area contributed by atoms with E-state index in [-0.39, 0.29) is 11.7 Å². The second-order valence-electron chi connectivity index (χ2n) is 6.61. The molecule has 28 heavy (non-hydrogen) atoms. The van der Waals surface area contributed by atoms with Gasteiger partial charge in [-0.25, -0.2) is 13.9 Å². The minimum Gasteiger partial charge on any atom is -0.494 e. The van der Waals surface area contributed by atoms with Crippen molar-refractivity contribution in [3.05, 3.63) is 52.9 Å². The summed E-state index contributed by atoms with van der Waals surface area (Å²) in [6.45, 7) is 6.68. The molecular weight excluding hydrogens is 361 g/mol. The van der Waals surface area contributed by atoms with Crippen LogP contribution in [0.5, 0.6) is 5.75 Å². The zero-order chi connectivity index (χ0) is 20.3. The third kappa shape index (κ3) is 3.95. The fourth-order valence-electron chi connectivity index (χ4n) is 3.31. The van der Waals surface area contributed by atoms with E-state index in [1.54, 1.807) is 21.5 Å². The fraction of sp³-hybridized carbons (Fsp3) is 0.400. The first-order valence-electron chi connectivity index (χ1n) is 9.20. The van der Waals surface area contributed by atoms with Crippen LogP contribution in [0.2, 0.25) is 0 Å². The summed E-state index contributed by atoms with van der Waals surface area (Å²) in [4.78, 5) is 23.0. The first-order valence-corrected chi connectivity index (χ1v) is 9.20. The van der Waals surface area contributed by atoms with Crippen LogP contribution in [0.1, 0.15) is 35.9 Å². The van der Waals surface area contributed by atoms with Gasteiger partial charge in [0.15, 0.2) is 11.6 Å². The van der Waals surface area contributed by atoms with Crippen molar-refractivity contribution >= 4 is 11.7 Å². The van der Waals surface area contributed by atoms with Gasteiger partial charge < -0.3 is 9.64 Å². The van der Waals surface area contributed by atoms with Gasteiger partial charge in [0, 0.05) is 30.9 Å². The molecule has 0 aliphatic rings. The topological polar surface area (TPSA) is 72.6 Å². The summed E-state index contributed by atoms with van der Waals surface area (Å²) in [5, 5.41) is 4.18. The average Bonchev–Trinajstić information content (AvgIpc) is 3.14. The summed E-state index contributed by atoms with van der Waals surface area (Å²) >= 11 is 0. The van der Waals surface area contributed by atoms with E-state index in [4.69, 9.17) is 4.74 Å². The van der Waals surface area contributed by atoms with Crippen LogP contribution in [0.4, 0.5) is 4.39 Å². The van der Waals surface area contributed by atoms with E-state index in [0.717, 1.165) is 22.5 Å². The van der Waals surface area contributed by atoms with Gasteiger partial charge in [0.1, 0.15) is 6.33 Å². The van der Waals surface area contributed by atoms with Gasteiger partial charge >= 0.3 is 0 Å². The second-order valence-corrected chi connectivity index (χ2v) is 6.61. The lowest BCUT2D eigenvalue weighted by Gasteiger charge is -2.22. The van der Waals surface area contributed by atoms with E-state index in [2.05, 4.69) is 15.1 Å². The summed E-state index contributed by atoms with van der Waals surface area (Å²) in [6, 6.07) is 4.76. The Morgan fingerprint density at radius 1 is 1.32 bits per heavy atom. The van der Waals surface area contributed by atoms with Crippen molar-refractivity contribution in [2.24, 2.45) is 0 Å². The molecule has 0 aliphatic carbocycles. The van der Waals surface area contributed by atoms with E-state index in [1.165, 1.54) is 19.5 Å². The van der Waals surface area contributed by atoms with Gasteiger partial charge in [-0.15, -0.1) is 0 Å². The lowest BCUT2D eigenvalue weighted by molar-refractivity contribution is -0.131. The lowest BCUT2D eigenvalue weighted by atomic mass is 10.1. The Morgan fingerprint density at radius 3 is 2.79 bits per heavy atom. The minimum absolute atomic E-state index is 0.0104. The zero-order valence-electron chi connectivity index (χ0n) is 16.6. The summed E-state index contributed by atoms with van der Waals surface area (Å²) in [6.07, 6.45) is 2.37. The van der Waals surface area contributed by atoms with Crippen LogP contribution in [0.25, 0.3) is 5.78 Å². The Kier molecular flexibility index (Phi) is 5.87. The first-order chi connectivity index (χ1) is 13.4. The number of benzene rings is 1. The van der Waals surface area contributed by atoms with Gasteiger partial charge in [0.25, 0.3) is 5.78 Å². The number of hydrogen-bond acceptors (Lipinski definition) is 5. The Balaban J connectivity index is 1.70. The molecule has 0 bridgehead atoms. The van der Waals surface area contributed by atoms with Crippen LogP contribution in [0, 0.1) is 19.7 Å². The molecule has 0 saturated carbocycles. The maximum absolute atomic E-state index is 13.9. The quantitative estimate of drug-likeness (QED) is 0.625. The number of amides is 1. The van der Waals surface area contributed by atoms with E-state index < -0.39 is 5.82 Å². The molecule has 8 heteroatoms. The standard InChI is InChI=1S/C20H24FN5O2/c1-5-25(11-15-6-8-18(28-4)17(21)10-15)19(27)9-7-16-13(2)24-20-22-12-23-26(20)14(16)3/h6,8,10,12H,5,7,9,11H2,1-4H3. The van der Waals surface area contributed by atoms with E-state index in [1.807, 2.05) is 20.8 Å². The number of aryl methyl sites for hydroxylation is 2. The molecule has 0 atom stereocenters. The molecule has 3 rings (SSSR count). The molecule has 0 radical (unpaired) electrons. The Labute approximate surface area is 163 Å². The summed E-state index contributed by atoms with van der Waals surface area (Å²) in [7, 11) is 1.43. The number of carbonyl (C=O) groups excluding carboxylic acids is 1. The Morgan fingerprint density at radius 2 is 2.11 bits per heavy atom. The molecule has 1 aromatic carbocycles. The van der Waals surface area contributed by atoms with Crippen LogP contribution >= 0.6 is 0 Å². The van der Waals surface area contributed by atoms with Crippen molar-refractivity contribution in [1.82, 2.24) is 24.5 Å². The van der Waals surface area contributed by atoms with Crippen molar-refractivity contribution in [3.8, 4) is 5.75 Å². The highest BCUT2D eigenvalue weighted by Gasteiger charge is 2.17. The molecule has 0 saturated heterocycles. The highest BCUT2D eigenvalue weighted by Crippen LogP contribution is 2.20. The monoisotopic (exact) mass is 385 g/mol. The van der Waals surface area contributed by atoms with Gasteiger partial charge in [-0.05, 0) is 50.5 Å². The number of nitrogens with zero attached hydrogens (tertiary/aromatic N) is 5. The molecule has 1 amide bonds. The number of rotatable bonds is 7. The third-order valence-corrected chi connectivity index (χ3v) is 4.90. The normalized spacial score (nSPS) is 11.0. The third-order valence-electron chi connectivity index (χ3n) is 4.90. The number of halogens is 1. The second kappa shape index (κ2) is 8.33. The van der Waals surface area contributed by atoms with Crippen molar-refractivity contribution in [1.29, 1.82) is 0 Å². The molecule has 0 fully saturated rings. The van der Waals surface area contributed by atoms with E-state index in [9.17, 15) is 9.18 Å². The molecule has 7 nitrogen and oxygen atoms in total. The summed E-state index contributed by atoms with van der Waals surface area (Å²) < 4.78 is 20.5. The fourth-order valence-corrected chi connectivity index (χ4v) is 3.31. The SMILES string of the molecule is CCN(Cc1ccc(OC)c(F)c1)C(=O)CCc1c(C)nc2ncnn2c1C. The summed E-state index contributed by atoms with van der Waals surface area (Å²) in [5.41, 5.74) is 3.52. The lowest BCUT2D eigenvalue weighted by Crippen LogP contribution is -2.30. The molecule has 148 valence electrons. The van der Waals surface area contributed by atoms with Gasteiger partial charge in [0.2, 0.25) is 5.91 Å². The minimum atomic E-state index is -0.429. The van der Waals surface area contributed by atoms with Crippen LogP contribution in [-0.2, 0) is 17.8 Å². The Bertz CT molecular complexity index is 1000. The largest absolute Gasteiger partial charge is 0.494 e. The predicted molar refractivity (Wildman–Crippen MR) is 103 cm³/mol. The van der Waals surface area contributed by atoms with Gasteiger partial charge in [-0.3, -0.25) is 4.79 Å². The van der Waals surface area contributed by atoms with Crippen LogP contribution in [-0.4, -0.2) is 44.0 Å². The highest BCUT2D eigenvalue weighted by molar-refractivity contribution is 5.76. The van der Waals surface area contributed by atoms with Crippen LogP contribution < -0.4 is 4.74 Å². The first kappa shape index (κ1) is 19.7.